The smallest absolute Gasteiger partial charge is 0.308 e. The molecule has 124 valence electrons. The Morgan fingerprint density at radius 3 is 2.96 bits per heavy atom. The third-order valence-corrected chi connectivity index (χ3v) is 5.19. The third kappa shape index (κ3) is 3.97. The molecule has 1 aromatic carbocycles. The van der Waals surface area contributed by atoms with Crippen molar-refractivity contribution < 1.29 is 31.0 Å². The molecule has 1 unspecified atom stereocenters. The summed E-state index contributed by atoms with van der Waals surface area (Å²) in [5.41, 5.74) is 1.24. The fraction of sp³-hybridized carbons (Fsp3) is 0.526. The first-order chi connectivity index (χ1) is 10.6. The Bertz CT molecular complexity index is 634. The molecule has 0 aliphatic carbocycles. The van der Waals surface area contributed by atoms with Crippen LogP contribution < -0.4 is 21.7 Å². The summed E-state index contributed by atoms with van der Waals surface area (Å²) in [5, 5.41) is 0. The van der Waals surface area contributed by atoms with E-state index in [4.69, 9.17) is 4.74 Å². The molecule has 0 amide bonds. The Morgan fingerprint density at radius 1 is 1.39 bits per heavy atom. The van der Waals surface area contributed by atoms with E-state index in [1.165, 1.54) is 31.9 Å². The summed E-state index contributed by atoms with van der Waals surface area (Å²) in [4.78, 5) is 11.0. The zero-order valence-electron chi connectivity index (χ0n) is 13.8. The van der Waals surface area contributed by atoms with Crippen LogP contribution in [0.5, 0.6) is 5.75 Å². The Morgan fingerprint density at radius 2 is 2.22 bits per heavy atom. The molecule has 0 N–H and O–H groups in total. The number of benzene rings is 1. The fourth-order valence-corrected chi connectivity index (χ4v) is 3.91. The number of rotatable bonds is 5. The number of halogens is 1. The first kappa shape index (κ1) is 18.0. The molecule has 2 heterocycles. The molecule has 0 spiro atoms. The first-order valence-corrected chi connectivity index (χ1v) is 8.18. The third-order valence-electron chi connectivity index (χ3n) is 5.19. The van der Waals surface area contributed by atoms with Gasteiger partial charge < -0.3 is 26.2 Å². The van der Waals surface area contributed by atoms with Crippen molar-refractivity contribution in [1.29, 1.82) is 0 Å². The fourth-order valence-electron chi connectivity index (χ4n) is 3.91. The maximum Gasteiger partial charge on any atom is 0.308 e. The predicted molar refractivity (Wildman–Crippen MR) is 86.3 cm³/mol. The van der Waals surface area contributed by atoms with Gasteiger partial charge in [0.25, 0.3) is 0 Å². The molecular formula is C19H24BrNO2. The van der Waals surface area contributed by atoms with Gasteiger partial charge in [0, 0.05) is 26.2 Å². The Kier molecular flexibility index (Phi) is 5.89. The van der Waals surface area contributed by atoms with Crippen molar-refractivity contribution >= 4 is 5.97 Å². The van der Waals surface area contributed by atoms with E-state index in [9.17, 15) is 4.79 Å². The molecule has 3 rings (SSSR count). The quantitative estimate of drug-likeness (QED) is 0.311. The second kappa shape index (κ2) is 7.51. The van der Waals surface area contributed by atoms with E-state index in [2.05, 4.69) is 25.0 Å². The molecule has 2 aliphatic heterocycles. The second-order valence-corrected chi connectivity index (χ2v) is 6.69. The summed E-state index contributed by atoms with van der Waals surface area (Å²) < 4.78 is 6.29. The minimum atomic E-state index is -0.265. The molecule has 3 nitrogen and oxygen atoms in total. The summed E-state index contributed by atoms with van der Waals surface area (Å²) in [5.74, 6) is 7.15. The van der Waals surface area contributed by atoms with Crippen LogP contribution >= 0.6 is 0 Å². The average molecular weight is 378 g/mol. The number of hydrogen-bond acceptors (Lipinski definition) is 2. The van der Waals surface area contributed by atoms with Crippen LogP contribution in [0.25, 0.3) is 0 Å². The Labute approximate surface area is 149 Å². The van der Waals surface area contributed by atoms with Gasteiger partial charge in [-0.2, -0.15) is 0 Å². The monoisotopic (exact) mass is 377 g/mol. The van der Waals surface area contributed by atoms with Crippen molar-refractivity contribution in [1.82, 2.24) is 0 Å². The van der Waals surface area contributed by atoms with E-state index in [1.807, 2.05) is 18.2 Å². The lowest BCUT2D eigenvalue weighted by Crippen LogP contribution is -3.00. The lowest BCUT2D eigenvalue weighted by Gasteiger charge is -2.40. The van der Waals surface area contributed by atoms with E-state index in [1.54, 1.807) is 0 Å². The highest BCUT2D eigenvalue weighted by Gasteiger charge is 2.46. The van der Waals surface area contributed by atoms with Crippen LogP contribution in [0.1, 0.15) is 38.2 Å². The van der Waals surface area contributed by atoms with Crippen molar-refractivity contribution in [3.63, 3.8) is 0 Å². The second-order valence-electron chi connectivity index (χ2n) is 6.69. The predicted octanol–water partition coefficient (Wildman–Crippen LogP) is -0.0668. The molecule has 23 heavy (non-hydrogen) atoms. The molecule has 2 aliphatic rings. The van der Waals surface area contributed by atoms with Crippen LogP contribution in [0.15, 0.2) is 24.3 Å². The molecule has 0 aromatic heterocycles. The largest absolute Gasteiger partial charge is 1.00 e. The molecule has 1 fully saturated rings. The van der Waals surface area contributed by atoms with Crippen molar-refractivity contribution in [2.75, 3.05) is 13.6 Å². The minimum Gasteiger partial charge on any atom is -1.00 e. The normalized spacial score (nSPS) is 27.6. The van der Waals surface area contributed by atoms with Gasteiger partial charge in [0.2, 0.25) is 0 Å². The highest BCUT2D eigenvalue weighted by Crippen LogP contribution is 2.35. The summed E-state index contributed by atoms with van der Waals surface area (Å²) in [6.45, 7) is 2.62. The maximum atomic E-state index is 11.0. The van der Waals surface area contributed by atoms with Crippen LogP contribution in [0, 0.1) is 11.8 Å². The Hall–Kier alpha value is -1.31. The molecule has 3 atom stereocenters. The summed E-state index contributed by atoms with van der Waals surface area (Å²) in [6, 6.07) is 9.16. The lowest BCUT2D eigenvalue weighted by molar-refractivity contribution is -0.936. The summed E-state index contributed by atoms with van der Waals surface area (Å²) >= 11 is 0. The standard InChI is InChI=1S/C19H24NO2.BrH/c1-15(21)22-19-10-3-6-16(14-19)7-5-13-20(2)17-8-4-9-18(20)12-11-17;/h3,6,10,14,17-18H,5,7-8,11-13H2,1-2H3;1H/q+1;/p-1/t17-,18+,20?;/m1./s1. The van der Waals surface area contributed by atoms with Crippen molar-refractivity contribution in [3.05, 3.63) is 29.8 Å². The molecule has 2 bridgehead atoms. The van der Waals surface area contributed by atoms with E-state index in [0.29, 0.717) is 11.8 Å². The highest BCUT2D eigenvalue weighted by atomic mass is 79.9. The van der Waals surface area contributed by atoms with Crippen molar-refractivity contribution in [2.24, 2.45) is 0 Å². The maximum absolute atomic E-state index is 11.0. The van der Waals surface area contributed by atoms with Gasteiger partial charge in [-0.1, -0.05) is 18.1 Å². The van der Waals surface area contributed by atoms with Gasteiger partial charge >= 0.3 is 5.97 Å². The summed E-state index contributed by atoms with van der Waals surface area (Å²) in [6.07, 6.45) is 5.80. The average Bonchev–Trinajstić information content (AvgIpc) is 2.66. The van der Waals surface area contributed by atoms with E-state index in [-0.39, 0.29) is 23.0 Å². The number of esters is 1. The lowest BCUT2D eigenvalue weighted by atomic mass is 10.0. The van der Waals surface area contributed by atoms with Gasteiger partial charge in [-0.3, -0.25) is 4.79 Å². The number of fused-ring (bicyclic) bond motifs is 2. The molecule has 4 heteroatoms. The number of carbonyl (C=O) groups is 1. The number of aryl methyl sites for hydroxylation is 1. The van der Waals surface area contributed by atoms with Gasteiger partial charge in [-0.15, -0.1) is 0 Å². The van der Waals surface area contributed by atoms with E-state index in [0.717, 1.165) is 29.8 Å². The van der Waals surface area contributed by atoms with Gasteiger partial charge in [0.1, 0.15) is 11.8 Å². The molecule has 0 saturated carbocycles. The van der Waals surface area contributed by atoms with Crippen LogP contribution in [0.4, 0.5) is 0 Å². The van der Waals surface area contributed by atoms with Crippen LogP contribution in [-0.4, -0.2) is 36.1 Å². The van der Waals surface area contributed by atoms with Crippen LogP contribution in [-0.2, 0) is 11.2 Å². The van der Waals surface area contributed by atoms with Crippen LogP contribution in [0.3, 0.4) is 0 Å². The number of quaternary nitrogens is 1. The van der Waals surface area contributed by atoms with E-state index >= 15 is 0 Å². The van der Waals surface area contributed by atoms with Gasteiger partial charge in [0.05, 0.1) is 20.0 Å². The van der Waals surface area contributed by atoms with Crippen molar-refractivity contribution in [3.8, 4) is 17.6 Å². The molecule has 1 saturated heterocycles. The number of ether oxygens (including phenoxy) is 1. The van der Waals surface area contributed by atoms with Gasteiger partial charge in [0.15, 0.2) is 6.04 Å². The van der Waals surface area contributed by atoms with Crippen LogP contribution in [0.2, 0.25) is 0 Å². The molecule has 1 aromatic rings. The van der Waals surface area contributed by atoms with Gasteiger partial charge in [-0.05, 0) is 30.0 Å². The minimum absolute atomic E-state index is 0. The molecule has 0 radical (unpaired) electrons. The zero-order valence-corrected chi connectivity index (χ0v) is 15.4. The number of nitrogens with zero attached hydrogens (tertiary/aromatic N) is 1. The van der Waals surface area contributed by atoms with E-state index < -0.39 is 0 Å². The SMILES string of the molecule is CC(=O)Oc1cccc(CCC[N+]2(C)[C@@H]3CC#C[C@H]2CC3)c1.[Br-]. The topological polar surface area (TPSA) is 26.3 Å². The zero-order chi connectivity index (χ0) is 15.6. The highest BCUT2D eigenvalue weighted by molar-refractivity contribution is 5.69. The summed E-state index contributed by atoms with van der Waals surface area (Å²) in [7, 11) is 2.38. The Balaban J connectivity index is 0.00000192. The van der Waals surface area contributed by atoms with Gasteiger partial charge in [-0.25, -0.2) is 0 Å². The van der Waals surface area contributed by atoms with Crippen molar-refractivity contribution in [2.45, 2.75) is 51.1 Å². The number of carbonyl (C=O) groups excluding carboxylic acids is 1. The first-order valence-electron chi connectivity index (χ1n) is 8.18. The molecular weight excluding hydrogens is 354 g/mol. The number of hydrogen-bond donors (Lipinski definition) is 0.